The van der Waals surface area contributed by atoms with Crippen LogP contribution in [0.25, 0.3) is 21.8 Å². The molecule has 142 valence electrons. The molecular weight excluding hydrogens is 356 g/mol. The Hall–Kier alpha value is -3.45. The highest BCUT2D eigenvalue weighted by atomic mass is 16.5. The molecule has 0 saturated heterocycles. The van der Waals surface area contributed by atoms with Gasteiger partial charge in [0.05, 0.1) is 12.2 Å². The van der Waals surface area contributed by atoms with E-state index in [-0.39, 0.29) is 11.5 Å². The number of methoxy groups -OCH3 is 1. The first-order valence-electron chi connectivity index (χ1n) is 8.93. The molecule has 0 saturated carbocycles. The number of carbonyl (C=O) groups is 1. The summed E-state index contributed by atoms with van der Waals surface area (Å²) in [5, 5.41) is 4.33. The van der Waals surface area contributed by atoms with Gasteiger partial charge in [-0.3, -0.25) is 9.59 Å². The maximum Gasteiger partial charge on any atom is 0.275 e. The van der Waals surface area contributed by atoms with E-state index in [1.807, 2.05) is 35.9 Å². The first-order valence-corrected chi connectivity index (χ1v) is 8.93. The summed E-state index contributed by atoms with van der Waals surface area (Å²) in [5.74, 6) is 0.141. The number of ether oxygens (including phenoxy) is 1. The number of amides is 1. The van der Waals surface area contributed by atoms with Gasteiger partial charge in [0, 0.05) is 49.4 Å². The fourth-order valence-corrected chi connectivity index (χ4v) is 3.48. The zero-order valence-corrected chi connectivity index (χ0v) is 15.7. The van der Waals surface area contributed by atoms with E-state index < -0.39 is 0 Å². The molecule has 0 aliphatic rings. The molecular formula is C21H20N4O3. The Kier molecular flexibility index (Phi) is 4.67. The second-order valence-corrected chi connectivity index (χ2v) is 6.50. The summed E-state index contributed by atoms with van der Waals surface area (Å²) in [6.07, 6.45) is 3.22. The smallest absolute Gasteiger partial charge is 0.275 e. The van der Waals surface area contributed by atoms with Crippen molar-refractivity contribution < 1.29 is 9.53 Å². The van der Waals surface area contributed by atoms with E-state index in [0.717, 1.165) is 10.9 Å². The first kappa shape index (κ1) is 17.9. The number of nitrogens with one attached hydrogen (secondary N) is 1. The van der Waals surface area contributed by atoms with E-state index in [1.54, 1.807) is 37.7 Å². The van der Waals surface area contributed by atoms with Crippen LogP contribution < -0.4 is 10.9 Å². The zero-order valence-electron chi connectivity index (χ0n) is 15.7. The molecule has 7 nitrogen and oxygen atoms in total. The third-order valence-corrected chi connectivity index (χ3v) is 4.81. The number of rotatable bonds is 5. The molecule has 0 fully saturated rings. The number of para-hydroxylation sites is 1. The molecule has 3 heterocycles. The van der Waals surface area contributed by atoms with E-state index in [4.69, 9.17) is 4.74 Å². The van der Waals surface area contributed by atoms with E-state index in [1.165, 1.54) is 4.57 Å². The Morgan fingerprint density at radius 2 is 1.96 bits per heavy atom. The van der Waals surface area contributed by atoms with Gasteiger partial charge in [0.1, 0.15) is 11.3 Å². The number of hydrogen-bond donors (Lipinski definition) is 1. The Labute approximate surface area is 161 Å². The van der Waals surface area contributed by atoms with Crippen molar-refractivity contribution in [3.8, 4) is 0 Å². The van der Waals surface area contributed by atoms with E-state index in [2.05, 4.69) is 10.3 Å². The van der Waals surface area contributed by atoms with E-state index in [9.17, 15) is 9.59 Å². The molecule has 7 heteroatoms. The minimum Gasteiger partial charge on any atom is -0.383 e. The summed E-state index contributed by atoms with van der Waals surface area (Å²) in [6, 6.07) is 13.0. The maximum absolute atomic E-state index is 13.1. The van der Waals surface area contributed by atoms with Crippen molar-refractivity contribution in [3.63, 3.8) is 0 Å². The van der Waals surface area contributed by atoms with Crippen molar-refractivity contribution in [2.24, 2.45) is 7.05 Å². The number of pyridine rings is 2. The molecule has 4 rings (SSSR count). The van der Waals surface area contributed by atoms with Gasteiger partial charge in [-0.25, -0.2) is 4.98 Å². The van der Waals surface area contributed by atoms with Crippen molar-refractivity contribution in [3.05, 3.63) is 70.8 Å². The molecule has 0 atom stereocenters. The highest BCUT2D eigenvalue weighted by Gasteiger charge is 2.21. The van der Waals surface area contributed by atoms with Crippen LogP contribution in [0.5, 0.6) is 0 Å². The van der Waals surface area contributed by atoms with Crippen LogP contribution in [0.2, 0.25) is 0 Å². The Balaban J connectivity index is 1.97. The molecule has 28 heavy (non-hydrogen) atoms. The van der Waals surface area contributed by atoms with Crippen molar-refractivity contribution >= 4 is 33.5 Å². The SMILES string of the molecule is COCCn1cc(C(=O)Nc2ccccn2)c2c3ccccc3n(C)c2c1=O. The third-order valence-electron chi connectivity index (χ3n) is 4.81. The van der Waals surface area contributed by atoms with Crippen molar-refractivity contribution in [2.75, 3.05) is 19.0 Å². The largest absolute Gasteiger partial charge is 0.383 e. The summed E-state index contributed by atoms with van der Waals surface area (Å²) >= 11 is 0. The van der Waals surface area contributed by atoms with Crippen molar-refractivity contribution in [2.45, 2.75) is 6.54 Å². The Morgan fingerprint density at radius 1 is 1.18 bits per heavy atom. The molecule has 0 bridgehead atoms. The number of hydrogen-bond acceptors (Lipinski definition) is 4. The van der Waals surface area contributed by atoms with Crippen LogP contribution in [0.1, 0.15) is 10.4 Å². The van der Waals surface area contributed by atoms with Crippen LogP contribution in [0.4, 0.5) is 5.82 Å². The molecule has 0 spiro atoms. The van der Waals surface area contributed by atoms with Gasteiger partial charge in [-0.1, -0.05) is 24.3 Å². The van der Waals surface area contributed by atoms with Crippen LogP contribution in [-0.4, -0.2) is 33.7 Å². The van der Waals surface area contributed by atoms with Gasteiger partial charge < -0.3 is 19.2 Å². The highest BCUT2D eigenvalue weighted by Crippen LogP contribution is 2.29. The van der Waals surface area contributed by atoms with Crippen LogP contribution in [-0.2, 0) is 18.3 Å². The highest BCUT2D eigenvalue weighted by molar-refractivity contribution is 6.20. The van der Waals surface area contributed by atoms with Crippen LogP contribution in [0.15, 0.2) is 59.7 Å². The predicted molar refractivity (Wildman–Crippen MR) is 109 cm³/mol. The molecule has 1 amide bonds. The number of fused-ring (bicyclic) bond motifs is 3. The van der Waals surface area contributed by atoms with E-state index >= 15 is 0 Å². The maximum atomic E-state index is 13.1. The van der Waals surface area contributed by atoms with Gasteiger partial charge in [0.15, 0.2) is 0 Å². The molecule has 0 unspecified atom stereocenters. The minimum absolute atomic E-state index is 0.153. The second-order valence-electron chi connectivity index (χ2n) is 6.50. The summed E-state index contributed by atoms with van der Waals surface area (Å²) in [4.78, 5) is 30.4. The van der Waals surface area contributed by atoms with Crippen LogP contribution in [0.3, 0.4) is 0 Å². The summed E-state index contributed by atoms with van der Waals surface area (Å²) in [7, 11) is 3.42. The lowest BCUT2D eigenvalue weighted by Gasteiger charge is -2.11. The lowest BCUT2D eigenvalue weighted by atomic mass is 10.1. The van der Waals surface area contributed by atoms with Crippen LogP contribution >= 0.6 is 0 Å². The number of anilines is 1. The number of aryl methyl sites for hydroxylation is 1. The minimum atomic E-state index is -0.314. The van der Waals surface area contributed by atoms with Gasteiger partial charge in [0.2, 0.25) is 0 Å². The average molecular weight is 376 g/mol. The molecule has 0 aliphatic heterocycles. The van der Waals surface area contributed by atoms with Gasteiger partial charge >= 0.3 is 0 Å². The topological polar surface area (TPSA) is 78.2 Å². The third kappa shape index (κ3) is 2.95. The standard InChI is InChI=1S/C21H20N4O3/c1-24-16-8-4-3-7-14(16)18-15(20(26)23-17-9-5-6-10-22-17)13-25(11-12-28-2)21(27)19(18)24/h3-10,13H,11-12H2,1-2H3,(H,22,23,26). The van der Waals surface area contributed by atoms with Crippen LogP contribution in [0, 0.1) is 0 Å². The predicted octanol–water partition coefficient (Wildman–Crippen LogP) is 2.79. The Bertz CT molecular complexity index is 1230. The van der Waals surface area contributed by atoms with E-state index in [0.29, 0.717) is 35.4 Å². The normalized spacial score (nSPS) is 11.2. The van der Waals surface area contributed by atoms with Gasteiger partial charge in [-0.2, -0.15) is 0 Å². The molecule has 3 aromatic heterocycles. The monoisotopic (exact) mass is 376 g/mol. The Morgan fingerprint density at radius 3 is 2.71 bits per heavy atom. The number of aromatic nitrogens is 3. The van der Waals surface area contributed by atoms with Gasteiger partial charge in [0.25, 0.3) is 11.5 Å². The molecule has 0 aliphatic carbocycles. The van der Waals surface area contributed by atoms with Gasteiger partial charge in [-0.15, -0.1) is 0 Å². The number of nitrogens with zero attached hydrogens (tertiary/aromatic N) is 3. The van der Waals surface area contributed by atoms with Crippen molar-refractivity contribution in [1.82, 2.24) is 14.1 Å². The molecule has 1 aromatic carbocycles. The number of benzene rings is 1. The fraction of sp³-hybridized carbons (Fsp3) is 0.190. The lowest BCUT2D eigenvalue weighted by molar-refractivity contribution is 0.102. The molecule has 1 N–H and O–H groups in total. The molecule has 0 radical (unpaired) electrons. The number of carbonyl (C=O) groups excluding carboxylic acids is 1. The second kappa shape index (κ2) is 7.28. The summed E-state index contributed by atoms with van der Waals surface area (Å²) in [5.41, 5.74) is 1.66. The zero-order chi connectivity index (χ0) is 19.7. The molecule has 4 aromatic rings. The summed E-state index contributed by atoms with van der Waals surface area (Å²) in [6.45, 7) is 0.729. The average Bonchev–Trinajstić information content (AvgIpc) is 3.02. The lowest BCUT2D eigenvalue weighted by Crippen LogP contribution is -2.26. The quantitative estimate of drug-likeness (QED) is 0.581. The van der Waals surface area contributed by atoms with Gasteiger partial charge in [-0.05, 0) is 18.2 Å². The summed E-state index contributed by atoms with van der Waals surface area (Å²) < 4.78 is 8.49. The first-order chi connectivity index (χ1) is 13.6. The fourth-order valence-electron chi connectivity index (χ4n) is 3.48. The van der Waals surface area contributed by atoms with Crippen molar-refractivity contribution in [1.29, 1.82) is 0 Å².